The Bertz CT molecular complexity index is 429. The third kappa shape index (κ3) is 3.51. The van der Waals surface area contributed by atoms with Gasteiger partial charge in [-0.25, -0.2) is 9.97 Å². The third-order valence-corrected chi connectivity index (χ3v) is 4.66. The van der Waals surface area contributed by atoms with Crippen LogP contribution < -0.4 is 4.90 Å². The van der Waals surface area contributed by atoms with Gasteiger partial charge in [0.15, 0.2) is 0 Å². The van der Waals surface area contributed by atoms with Gasteiger partial charge in [0.1, 0.15) is 0 Å². The number of hydrogen-bond donors (Lipinski definition) is 1. The molecule has 0 saturated carbocycles. The van der Waals surface area contributed by atoms with Gasteiger partial charge in [-0.1, -0.05) is 0 Å². The highest BCUT2D eigenvalue weighted by Crippen LogP contribution is 2.31. The van der Waals surface area contributed by atoms with Crippen molar-refractivity contribution in [3.8, 4) is 0 Å². The first-order valence-electron chi connectivity index (χ1n) is 7.74. The van der Waals surface area contributed by atoms with Crippen LogP contribution in [-0.4, -0.2) is 72.5 Å². The number of hydrogen-bond acceptors (Lipinski definition) is 6. The van der Waals surface area contributed by atoms with Gasteiger partial charge in [0, 0.05) is 63.7 Å². The average molecular weight is 292 g/mol. The third-order valence-electron chi connectivity index (χ3n) is 4.66. The fourth-order valence-corrected chi connectivity index (χ4v) is 3.21. The molecule has 0 spiro atoms. The zero-order valence-electron chi connectivity index (χ0n) is 12.4. The summed E-state index contributed by atoms with van der Waals surface area (Å²) in [6.07, 6.45) is 5.51. The van der Waals surface area contributed by atoms with E-state index in [-0.39, 0.29) is 12.0 Å². The maximum Gasteiger partial charge on any atom is 0.225 e. The van der Waals surface area contributed by atoms with Crippen LogP contribution in [0.25, 0.3) is 0 Å². The molecule has 0 bridgehead atoms. The van der Waals surface area contributed by atoms with Crippen LogP contribution in [0.5, 0.6) is 0 Å². The van der Waals surface area contributed by atoms with Crippen LogP contribution >= 0.6 is 0 Å². The van der Waals surface area contributed by atoms with Gasteiger partial charge < -0.3 is 14.7 Å². The van der Waals surface area contributed by atoms with Gasteiger partial charge in [-0.05, 0) is 18.9 Å². The monoisotopic (exact) mass is 292 g/mol. The van der Waals surface area contributed by atoms with Crippen molar-refractivity contribution in [1.29, 1.82) is 0 Å². The Morgan fingerprint density at radius 1 is 1.10 bits per heavy atom. The van der Waals surface area contributed by atoms with Crippen LogP contribution in [-0.2, 0) is 4.74 Å². The van der Waals surface area contributed by atoms with Gasteiger partial charge in [-0.2, -0.15) is 0 Å². The van der Waals surface area contributed by atoms with Gasteiger partial charge in [0.2, 0.25) is 5.95 Å². The lowest BCUT2D eigenvalue weighted by molar-refractivity contribution is -0.0349. The van der Waals surface area contributed by atoms with Gasteiger partial charge in [-0.15, -0.1) is 0 Å². The average Bonchev–Trinajstić information content (AvgIpc) is 2.57. The second-order valence-electron chi connectivity index (χ2n) is 6.08. The highest BCUT2D eigenvalue weighted by molar-refractivity contribution is 5.29. The minimum atomic E-state index is 0.0314. The Labute approximate surface area is 125 Å². The summed E-state index contributed by atoms with van der Waals surface area (Å²) in [6, 6.07) is 1.84. The molecule has 0 aliphatic carbocycles. The number of rotatable bonds is 4. The molecule has 0 aromatic carbocycles. The molecule has 2 fully saturated rings. The minimum Gasteiger partial charge on any atom is -0.396 e. The topological polar surface area (TPSA) is 61.7 Å². The molecule has 116 valence electrons. The Morgan fingerprint density at radius 2 is 1.76 bits per heavy atom. The second-order valence-corrected chi connectivity index (χ2v) is 6.08. The lowest BCUT2D eigenvalue weighted by Crippen LogP contribution is -2.52. The van der Waals surface area contributed by atoms with E-state index in [1.54, 1.807) is 12.4 Å². The van der Waals surface area contributed by atoms with E-state index in [2.05, 4.69) is 19.8 Å². The molecule has 21 heavy (non-hydrogen) atoms. The van der Waals surface area contributed by atoms with Crippen LogP contribution in [0.15, 0.2) is 18.5 Å². The van der Waals surface area contributed by atoms with E-state index in [1.165, 1.54) is 0 Å². The normalized spacial score (nSPS) is 23.2. The molecule has 6 heteroatoms. The molecule has 1 aromatic rings. The van der Waals surface area contributed by atoms with Gasteiger partial charge in [-0.3, -0.25) is 4.90 Å². The minimum absolute atomic E-state index is 0.0314. The predicted octanol–water partition coefficient (Wildman–Crippen LogP) is 0.388. The summed E-state index contributed by atoms with van der Waals surface area (Å²) in [5.74, 6) is 0.820. The Hall–Kier alpha value is -1.24. The summed E-state index contributed by atoms with van der Waals surface area (Å²) >= 11 is 0. The molecule has 2 aliphatic rings. The predicted molar refractivity (Wildman–Crippen MR) is 80.3 cm³/mol. The summed E-state index contributed by atoms with van der Waals surface area (Å²) in [6.45, 7) is 6.68. The molecule has 3 rings (SSSR count). The molecule has 0 radical (unpaired) electrons. The molecule has 1 aromatic heterocycles. The lowest BCUT2D eigenvalue weighted by atomic mass is 9.80. The molecule has 3 heterocycles. The van der Waals surface area contributed by atoms with Crippen LogP contribution in [0.4, 0.5) is 5.95 Å². The summed E-state index contributed by atoms with van der Waals surface area (Å²) in [7, 11) is 0. The standard InChI is InChI=1S/C15H24N4O2/c20-13-15(2-10-21-11-3-15)12-18-6-8-19(9-7-18)14-16-4-1-5-17-14/h1,4-5,20H,2-3,6-13H2. The molecule has 0 unspecified atom stereocenters. The van der Waals surface area contributed by atoms with Gasteiger partial charge >= 0.3 is 0 Å². The SMILES string of the molecule is OCC1(CN2CCN(c3ncccn3)CC2)CCOCC1. The number of anilines is 1. The molecule has 1 N–H and O–H groups in total. The first kappa shape index (κ1) is 14.7. The van der Waals surface area contributed by atoms with Crippen LogP contribution in [0, 0.1) is 5.41 Å². The van der Waals surface area contributed by atoms with E-state index < -0.39 is 0 Å². The summed E-state index contributed by atoms with van der Waals surface area (Å²) < 4.78 is 5.44. The number of aromatic nitrogens is 2. The summed E-state index contributed by atoms with van der Waals surface area (Å²) in [4.78, 5) is 13.3. The molecule has 2 aliphatic heterocycles. The number of aliphatic hydroxyl groups is 1. The van der Waals surface area contributed by atoms with Crippen molar-refractivity contribution in [3.63, 3.8) is 0 Å². The Kier molecular flexibility index (Phi) is 4.67. The van der Waals surface area contributed by atoms with Crippen molar-refractivity contribution >= 4 is 5.95 Å². The van der Waals surface area contributed by atoms with Crippen molar-refractivity contribution in [2.24, 2.45) is 5.41 Å². The molecular formula is C15H24N4O2. The number of nitrogens with zero attached hydrogens (tertiary/aromatic N) is 4. The van der Waals surface area contributed by atoms with Crippen molar-refractivity contribution < 1.29 is 9.84 Å². The zero-order chi connectivity index (χ0) is 14.5. The number of piperazine rings is 1. The highest BCUT2D eigenvalue weighted by atomic mass is 16.5. The van der Waals surface area contributed by atoms with Crippen LogP contribution in [0.3, 0.4) is 0 Å². The quantitative estimate of drug-likeness (QED) is 0.866. The maximum atomic E-state index is 9.79. The molecular weight excluding hydrogens is 268 g/mol. The smallest absolute Gasteiger partial charge is 0.225 e. The number of aliphatic hydroxyl groups excluding tert-OH is 1. The van der Waals surface area contributed by atoms with Gasteiger partial charge in [0.05, 0.1) is 6.61 Å². The van der Waals surface area contributed by atoms with E-state index in [4.69, 9.17) is 4.74 Å². The lowest BCUT2D eigenvalue weighted by Gasteiger charge is -2.42. The molecule has 0 amide bonds. The Morgan fingerprint density at radius 3 is 2.38 bits per heavy atom. The van der Waals surface area contributed by atoms with Crippen LogP contribution in [0.1, 0.15) is 12.8 Å². The van der Waals surface area contributed by atoms with E-state index >= 15 is 0 Å². The fourth-order valence-electron chi connectivity index (χ4n) is 3.21. The van der Waals surface area contributed by atoms with E-state index in [0.717, 1.165) is 64.7 Å². The van der Waals surface area contributed by atoms with E-state index in [0.29, 0.717) is 0 Å². The zero-order valence-corrected chi connectivity index (χ0v) is 12.4. The maximum absolute atomic E-state index is 9.79. The first-order valence-corrected chi connectivity index (χ1v) is 7.74. The largest absolute Gasteiger partial charge is 0.396 e. The summed E-state index contributed by atoms with van der Waals surface area (Å²) in [5.41, 5.74) is 0.0314. The fraction of sp³-hybridized carbons (Fsp3) is 0.733. The van der Waals surface area contributed by atoms with Crippen molar-refractivity contribution in [1.82, 2.24) is 14.9 Å². The Balaban J connectivity index is 1.53. The van der Waals surface area contributed by atoms with Gasteiger partial charge in [0.25, 0.3) is 0 Å². The van der Waals surface area contributed by atoms with Crippen LogP contribution in [0.2, 0.25) is 0 Å². The highest BCUT2D eigenvalue weighted by Gasteiger charge is 2.34. The molecule has 0 atom stereocenters. The summed E-state index contributed by atoms with van der Waals surface area (Å²) in [5, 5.41) is 9.79. The second kappa shape index (κ2) is 6.68. The first-order chi connectivity index (χ1) is 10.3. The van der Waals surface area contributed by atoms with E-state index in [9.17, 15) is 5.11 Å². The molecule has 2 saturated heterocycles. The van der Waals surface area contributed by atoms with Crippen molar-refractivity contribution in [2.45, 2.75) is 12.8 Å². The van der Waals surface area contributed by atoms with Crippen molar-refractivity contribution in [2.75, 3.05) is 57.4 Å². The number of ether oxygens (including phenoxy) is 1. The molecule has 6 nitrogen and oxygen atoms in total. The van der Waals surface area contributed by atoms with E-state index in [1.807, 2.05) is 6.07 Å². The van der Waals surface area contributed by atoms with Crippen molar-refractivity contribution in [3.05, 3.63) is 18.5 Å².